The average molecular weight is 301 g/mol. The summed E-state index contributed by atoms with van der Waals surface area (Å²) in [5, 5.41) is 5.05. The number of aromatic nitrogens is 3. The molecule has 22 heavy (non-hydrogen) atoms. The van der Waals surface area contributed by atoms with E-state index >= 15 is 0 Å². The summed E-state index contributed by atoms with van der Waals surface area (Å²) in [5.74, 6) is 0.321. The highest BCUT2D eigenvalue weighted by atomic mass is 16.5. The first-order valence-corrected chi connectivity index (χ1v) is 6.44. The first-order chi connectivity index (χ1) is 10.5. The maximum absolute atomic E-state index is 12.0. The minimum atomic E-state index is -0.568. The molecule has 0 aliphatic carbocycles. The topological polar surface area (TPSA) is 106 Å². The zero-order valence-corrected chi connectivity index (χ0v) is 12.4. The minimum absolute atomic E-state index is 0.0576. The molecule has 0 atom stereocenters. The van der Waals surface area contributed by atoms with Gasteiger partial charge in [0, 0.05) is 5.56 Å². The van der Waals surface area contributed by atoms with Gasteiger partial charge in [0.2, 0.25) is 5.95 Å². The van der Waals surface area contributed by atoms with Gasteiger partial charge in [-0.2, -0.15) is 15.0 Å². The van der Waals surface area contributed by atoms with Crippen LogP contribution in [0.3, 0.4) is 0 Å². The van der Waals surface area contributed by atoms with Gasteiger partial charge < -0.3 is 10.1 Å². The lowest BCUT2D eigenvalue weighted by atomic mass is 10.1. The number of anilines is 2. The lowest BCUT2D eigenvalue weighted by Crippen LogP contribution is -2.22. The molecule has 0 bridgehead atoms. The number of Topliss-reactive ketones (excluding diaryl/α,β-unsaturated/α-hetero) is 1. The number of carbonyl (C=O) groups excluding carboxylic acids is 2. The molecule has 0 aliphatic heterocycles. The summed E-state index contributed by atoms with van der Waals surface area (Å²) >= 11 is 0. The molecule has 0 fully saturated rings. The van der Waals surface area contributed by atoms with Crippen molar-refractivity contribution in [3.05, 3.63) is 35.7 Å². The summed E-state index contributed by atoms with van der Waals surface area (Å²) in [6.45, 7) is 3.08. The number of methoxy groups -OCH3 is 1. The number of benzene rings is 1. The fourth-order valence-electron chi connectivity index (χ4n) is 1.76. The van der Waals surface area contributed by atoms with Gasteiger partial charge in [-0.3, -0.25) is 10.1 Å². The summed E-state index contributed by atoms with van der Waals surface area (Å²) in [7, 11) is 1.42. The summed E-state index contributed by atoms with van der Waals surface area (Å²) in [6.07, 6.45) is 0. The molecule has 2 aromatic rings. The normalized spacial score (nSPS) is 9.95. The van der Waals surface area contributed by atoms with Crippen molar-refractivity contribution in [3.63, 3.8) is 0 Å². The van der Waals surface area contributed by atoms with Crippen LogP contribution < -0.4 is 15.4 Å². The van der Waals surface area contributed by atoms with E-state index in [1.165, 1.54) is 14.0 Å². The standard InChI is InChI=1S/C14H15N5O3/c1-8(20)10-6-4-5-7-11(10)17-13(21)18-12-15-9(2)16-14(19-12)22-3/h4-7H,1-3H3,(H2,15,16,17,18,19,21). The molecule has 0 aliphatic rings. The molecular weight excluding hydrogens is 286 g/mol. The Balaban J connectivity index is 2.14. The van der Waals surface area contributed by atoms with E-state index in [0.29, 0.717) is 17.1 Å². The second-order valence-electron chi connectivity index (χ2n) is 4.37. The maximum Gasteiger partial charge on any atom is 0.326 e. The quantitative estimate of drug-likeness (QED) is 0.837. The fourth-order valence-corrected chi connectivity index (χ4v) is 1.76. The van der Waals surface area contributed by atoms with Crippen molar-refractivity contribution in [2.75, 3.05) is 17.7 Å². The van der Waals surface area contributed by atoms with Crippen LogP contribution in [0.1, 0.15) is 23.1 Å². The molecule has 1 aromatic heterocycles. The van der Waals surface area contributed by atoms with E-state index in [4.69, 9.17) is 4.74 Å². The summed E-state index contributed by atoms with van der Waals surface area (Å²) < 4.78 is 4.91. The molecule has 0 saturated carbocycles. The third kappa shape index (κ3) is 3.75. The van der Waals surface area contributed by atoms with Crippen molar-refractivity contribution < 1.29 is 14.3 Å². The number of aryl methyl sites for hydroxylation is 1. The summed E-state index contributed by atoms with van der Waals surface area (Å²) in [6, 6.07) is 6.25. The molecule has 2 N–H and O–H groups in total. The number of urea groups is 1. The van der Waals surface area contributed by atoms with Gasteiger partial charge in [0.1, 0.15) is 5.82 Å². The molecule has 1 heterocycles. The largest absolute Gasteiger partial charge is 0.467 e. The minimum Gasteiger partial charge on any atom is -0.467 e. The van der Waals surface area contributed by atoms with Gasteiger partial charge in [0.05, 0.1) is 12.8 Å². The number of ether oxygens (including phenoxy) is 1. The SMILES string of the molecule is COc1nc(C)nc(NC(=O)Nc2ccccc2C(C)=O)n1. The van der Waals surface area contributed by atoms with Crippen molar-refractivity contribution in [2.24, 2.45) is 0 Å². The number of carbonyl (C=O) groups is 2. The molecule has 1 aromatic carbocycles. The number of nitrogens with one attached hydrogen (secondary N) is 2. The van der Waals surface area contributed by atoms with Crippen LogP contribution in [0, 0.1) is 6.92 Å². The van der Waals surface area contributed by atoms with E-state index < -0.39 is 6.03 Å². The third-order valence-corrected chi connectivity index (χ3v) is 2.69. The fraction of sp³-hybridized carbons (Fsp3) is 0.214. The van der Waals surface area contributed by atoms with Crippen LogP contribution in [0.5, 0.6) is 6.01 Å². The van der Waals surface area contributed by atoms with Gasteiger partial charge >= 0.3 is 12.0 Å². The van der Waals surface area contributed by atoms with Crippen molar-refractivity contribution in [1.82, 2.24) is 15.0 Å². The number of rotatable bonds is 4. The Kier molecular flexibility index (Phi) is 4.62. The highest BCUT2D eigenvalue weighted by molar-refractivity contribution is 6.06. The Morgan fingerprint density at radius 3 is 2.50 bits per heavy atom. The Morgan fingerprint density at radius 1 is 1.09 bits per heavy atom. The summed E-state index contributed by atoms with van der Waals surface area (Å²) in [4.78, 5) is 35.3. The highest BCUT2D eigenvalue weighted by Crippen LogP contribution is 2.16. The van der Waals surface area contributed by atoms with Crippen molar-refractivity contribution >= 4 is 23.5 Å². The van der Waals surface area contributed by atoms with E-state index in [1.54, 1.807) is 31.2 Å². The van der Waals surface area contributed by atoms with E-state index in [0.717, 1.165) is 0 Å². The number of nitrogens with zero attached hydrogens (tertiary/aromatic N) is 3. The lowest BCUT2D eigenvalue weighted by molar-refractivity contribution is 0.101. The predicted octanol–water partition coefficient (Wildman–Crippen LogP) is 2.04. The molecule has 0 saturated heterocycles. The van der Waals surface area contributed by atoms with E-state index in [-0.39, 0.29) is 17.7 Å². The monoisotopic (exact) mass is 301 g/mol. The van der Waals surface area contributed by atoms with Crippen molar-refractivity contribution in [3.8, 4) is 6.01 Å². The summed E-state index contributed by atoms with van der Waals surface area (Å²) in [5.41, 5.74) is 0.826. The zero-order valence-electron chi connectivity index (χ0n) is 12.4. The average Bonchev–Trinajstić information content (AvgIpc) is 2.46. The molecular formula is C14H15N5O3. The molecule has 8 heteroatoms. The Labute approximate surface area is 127 Å². The van der Waals surface area contributed by atoms with Crippen LogP contribution in [0.25, 0.3) is 0 Å². The number of hydrogen-bond acceptors (Lipinski definition) is 6. The van der Waals surface area contributed by atoms with Crippen LogP contribution in [0.2, 0.25) is 0 Å². The van der Waals surface area contributed by atoms with E-state index in [1.807, 2.05) is 0 Å². The molecule has 114 valence electrons. The second-order valence-corrected chi connectivity index (χ2v) is 4.37. The van der Waals surface area contributed by atoms with Gasteiger partial charge in [-0.25, -0.2) is 4.79 Å². The van der Waals surface area contributed by atoms with Crippen LogP contribution in [-0.2, 0) is 0 Å². The van der Waals surface area contributed by atoms with Crippen LogP contribution in [0.15, 0.2) is 24.3 Å². The number of para-hydroxylation sites is 1. The van der Waals surface area contributed by atoms with Crippen LogP contribution >= 0.6 is 0 Å². The number of amides is 2. The Hall–Kier alpha value is -3.03. The second kappa shape index (κ2) is 6.61. The number of ketones is 1. The van der Waals surface area contributed by atoms with Gasteiger partial charge in [-0.05, 0) is 26.0 Å². The molecule has 0 radical (unpaired) electrons. The Bertz CT molecular complexity index is 717. The lowest BCUT2D eigenvalue weighted by Gasteiger charge is -2.10. The molecule has 2 rings (SSSR count). The van der Waals surface area contributed by atoms with Crippen molar-refractivity contribution in [2.45, 2.75) is 13.8 Å². The van der Waals surface area contributed by atoms with Gasteiger partial charge in [0.15, 0.2) is 5.78 Å². The Morgan fingerprint density at radius 2 is 1.82 bits per heavy atom. The first-order valence-electron chi connectivity index (χ1n) is 6.44. The van der Waals surface area contributed by atoms with Gasteiger partial charge in [-0.15, -0.1) is 0 Å². The molecule has 8 nitrogen and oxygen atoms in total. The van der Waals surface area contributed by atoms with Gasteiger partial charge in [0.25, 0.3) is 0 Å². The van der Waals surface area contributed by atoms with Crippen LogP contribution in [0.4, 0.5) is 16.4 Å². The van der Waals surface area contributed by atoms with Crippen LogP contribution in [-0.4, -0.2) is 33.9 Å². The molecule has 0 unspecified atom stereocenters. The third-order valence-electron chi connectivity index (χ3n) is 2.69. The molecule has 0 spiro atoms. The smallest absolute Gasteiger partial charge is 0.326 e. The predicted molar refractivity (Wildman–Crippen MR) is 80.2 cm³/mol. The van der Waals surface area contributed by atoms with Gasteiger partial charge in [-0.1, -0.05) is 12.1 Å². The maximum atomic E-state index is 12.0. The first kappa shape index (κ1) is 15.4. The zero-order chi connectivity index (χ0) is 16.1. The number of hydrogen-bond donors (Lipinski definition) is 2. The van der Waals surface area contributed by atoms with E-state index in [9.17, 15) is 9.59 Å². The highest BCUT2D eigenvalue weighted by Gasteiger charge is 2.11. The van der Waals surface area contributed by atoms with E-state index in [2.05, 4.69) is 25.6 Å². The van der Waals surface area contributed by atoms with Crippen molar-refractivity contribution in [1.29, 1.82) is 0 Å². The molecule has 2 amide bonds.